The van der Waals surface area contributed by atoms with Crippen molar-refractivity contribution in [2.24, 2.45) is 0 Å². The number of non-ortho nitro benzene ring substituents is 1. The molecular formula is C11H16N2O2. The van der Waals surface area contributed by atoms with Gasteiger partial charge in [-0.15, -0.1) is 0 Å². The minimum absolute atomic E-state index is 0.107. The Hall–Kier alpha value is -1.58. The minimum Gasteiger partial charge on any atom is -0.388 e. The summed E-state index contributed by atoms with van der Waals surface area (Å²) in [4.78, 5) is 10.3. The van der Waals surface area contributed by atoms with Crippen LogP contribution in [0.4, 0.5) is 11.4 Å². The molecular weight excluding hydrogens is 192 g/mol. The SMILES string of the molecule is CNc1ccc([N+](=O)[O-])cc1C(C)(C)C. The predicted molar refractivity (Wildman–Crippen MR) is 61.3 cm³/mol. The zero-order chi connectivity index (χ0) is 11.6. The smallest absolute Gasteiger partial charge is 0.269 e. The summed E-state index contributed by atoms with van der Waals surface area (Å²) in [6.07, 6.45) is 0. The van der Waals surface area contributed by atoms with Gasteiger partial charge in [0.2, 0.25) is 0 Å². The molecule has 0 saturated heterocycles. The van der Waals surface area contributed by atoms with Gasteiger partial charge in [0, 0.05) is 24.9 Å². The van der Waals surface area contributed by atoms with E-state index in [2.05, 4.69) is 5.32 Å². The first-order valence-corrected chi connectivity index (χ1v) is 4.83. The van der Waals surface area contributed by atoms with Gasteiger partial charge in [-0.2, -0.15) is 0 Å². The molecule has 0 radical (unpaired) electrons. The van der Waals surface area contributed by atoms with Gasteiger partial charge in [-0.25, -0.2) is 0 Å². The molecule has 0 aliphatic carbocycles. The molecule has 1 aromatic rings. The molecule has 82 valence electrons. The maximum absolute atomic E-state index is 10.7. The highest BCUT2D eigenvalue weighted by molar-refractivity contribution is 5.58. The topological polar surface area (TPSA) is 55.2 Å². The van der Waals surface area contributed by atoms with E-state index < -0.39 is 0 Å². The van der Waals surface area contributed by atoms with Gasteiger partial charge >= 0.3 is 0 Å². The van der Waals surface area contributed by atoms with Crippen LogP contribution in [0.3, 0.4) is 0 Å². The van der Waals surface area contributed by atoms with Crippen LogP contribution in [0.1, 0.15) is 26.3 Å². The fraction of sp³-hybridized carbons (Fsp3) is 0.455. The van der Waals surface area contributed by atoms with E-state index in [4.69, 9.17) is 0 Å². The van der Waals surface area contributed by atoms with Crippen molar-refractivity contribution < 1.29 is 4.92 Å². The lowest BCUT2D eigenvalue weighted by Crippen LogP contribution is -2.14. The van der Waals surface area contributed by atoms with Crippen molar-refractivity contribution in [3.63, 3.8) is 0 Å². The Balaban J connectivity index is 3.32. The Bertz CT molecular complexity index is 381. The molecule has 1 rings (SSSR count). The lowest BCUT2D eigenvalue weighted by Gasteiger charge is -2.22. The van der Waals surface area contributed by atoms with Gasteiger partial charge in [-0.1, -0.05) is 20.8 Å². The quantitative estimate of drug-likeness (QED) is 0.600. The van der Waals surface area contributed by atoms with E-state index in [1.54, 1.807) is 12.1 Å². The normalized spacial score (nSPS) is 11.2. The Labute approximate surface area is 89.5 Å². The van der Waals surface area contributed by atoms with E-state index in [0.29, 0.717) is 0 Å². The van der Waals surface area contributed by atoms with E-state index in [1.807, 2.05) is 27.8 Å². The van der Waals surface area contributed by atoms with Crippen LogP contribution in [0.15, 0.2) is 18.2 Å². The van der Waals surface area contributed by atoms with E-state index >= 15 is 0 Å². The molecule has 4 nitrogen and oxygen atoms in total. The zero-order valence-electron chi connectivity index (χ0n) is 9.50. The van der Waals surface area contributed by atoms with Gasteiger partial charge in [0.1, 0.15) is 0 Å². The standard InChI is InChI=1S/C11H16N2O2/c1-11(2,3)9-7-8(13(14)15)5-6-10(9)12-4/h5-7,12H,1-4H3. The summed E-state index contributed by atoms with van der Waals surface area (Å²) < 4.78 is 0. The van der Waals surface area contributed by atoms with Crippen molar-refractivity contribution in [1.82, 2.24) is 0 Å². The number of nitro benzene ring substituents is 1. The van der Waals surface area contributed by atoms with Crippen molar-refractivity contribution in [2.75, 3.05) is 12.4 Å². The van der Waals surface area contributed by atoms with Crippen LogP contribution in [-0.4, -0.2) is 12.0 Å². The van der Waals surface area contributed by atoms with Crippen molar-refractivity contribution in [3.05, 3.63) is 33.9 Å². The van der Waals surface area contributed by atoms with Crippen LogP contribution in [-0.2, 0) is 5.41 Å². The summed E-state index contributed by atoms with van der Waals surface area (Å²) in [6.45, 7) is 6.10. The molecule has 0 atom stereocenters. The highest BCUT2D eigenvalue weighted by atomic mass is 16.6. The van der Waals surface area contributed by atoms with Crippen molar-refractivity contribution in [1.29, 1.82) is 0 Å². The minimum atomic E-state index is -0.366. The van der Waals surface area contributed by atoms with Crippen molar-refractivity contribution in [2.45, 2.75) is 26.2 Å². The number of nitrogens with zero attached hydrogens (tertiary/aromatic N) is 1. The van der Waals surface area contributed by atoms with E-state index in [0.717, 1.165) is 11.3 Å². The van der Waals surface area contributed by atoms with Gasteiger partial charge in [0.25, 0.3) is 5.69 Å². The molecule has 1 aromatic carbocycles. The lowest BCUT2D eigenvalue weighted by molar-refractivity contribution is -0.384. The highest BCUT2D eigenvalue weighted by Crippen LogP contribution is 2.32. The van der Waals surface area contributed by atoms with E-state index in [9.17, 15) is 10.1 Å². The molecule has 0 saturated carbocycles. The van der Waals surface area contributed by atoms with Gasteiger partial charge in [-0.05, 0) is 17.0 Å². The second-order valence-electron chi connectivity index (χ2n) is 4.49. The third kappa shape index (κ3) is 2.46. The molecule has 0 bridgehead atoms. The third-order valence-corrected chi connectivity index (χ3v) is 2.29. The van der Waals surface area contributed by atoms with Crippen LogP contribution in [0.25, 0.3) is 0 Å². The summed E-state index contributed by atoms with van der Waals surface area (Å²) in [5.41, 5.74) is 1.93. The number of hydrogen-bond donors (Lipinski definition) is 1. The van der Waals surface area contributed by atoms with Gasteiger partial charge in [0.05, 0.1) is 4.92 Å². The summed E-state index contributed by atoms with van der Waals surface area (Å²) in [5, 5.41) is 13.7. The summed E-state index contributed by atoms with van der Waals surface area (Å²) in [6, 6.07) is 4.89. The number of nitrogens with one attached hydrogen (secondary N) is 1. The van der Waals surface area contributed by atoms with E-state index in [1.165, 1.54) is 6.07 Å². The monoisotopic (exact) mass is 208 g/mol. The molecule has 0 unspecified atom stereocenters. The van der Waals surface area contributed by atoms with Gasteiger partial charge in [-0.3, -0.25) is 10.1 Å². The number of anilines is 1. The third-order valence-electron chi connectivity index (χ3n) is 2.29. The fourth-order valence-corrected chi connectivity index (χ4v) is 1.48. The Morgan fingerprint density at radius 3 is 2.33 bits per heavy atom. The second-order valence-corrected chi connectivity index (χ2v) is 4.49. The Kier molecular flexibility index (Phi) is 2.98. The molecule has 0 heterocycles. The Morgan fingerprint density at radius 1 is 1.33 bits per heavy atom. The van der Waals surface area contributed by atoms with Crippen LogP contribution in [0, 0.1) is 10.1 Å². The van der Waals surface area contributed by atoms with Crippen LogP contribution < -0.4 is 5.32 Å². The van der Waals surface area contributed by atoms with Crippen molar-refractivity contribution in [3.8, 4) is 0 Å². The molecule has 0 aliphatic rings. The highest BCUT2D eigenvalue weighted by Gasteiger charge is 2.20. The largest absolute Gasteiger partial charge is 0.388 e. The summed E-state index contributed by atoms with van der Waals surface area (Å²) in [7, 11) is 1.82. The molecule has 0 fully saturated rings. The maximum Gasteiger partial charge on any atom is 0.269 e. The van der Waals surface area contributed by atoms with Crippen LogP contribution in [0.5, 0.6) is 0 Å². The maximum atomic E-state index is 10.7. The van der Waals surface area contributed by atoms with Gasteiger partial charge < -0.3 is 5.32 Å². The number of rotatable bonds is 2. The first-order chi connectivity index (χ1) is 6.86. The zero-order valence-corrected chi connectivity index (χ0v) is 9.50. The fourth-order valence-electron chi connectivity index (χ4n) is 1.48. The van der Waals surface area contributed by atoms with E-state index in [-0.39, 0.29) is 16.0 Å². The number of benzene rings is 1. The average molecular weight is 208 g/mol. The second kappa shape index (κ2) is 3.88. The molecule has 4 heteroatoms. The number of nitro groups is 1. The predicted octanol–water partition coefficient (Wildman–Crippen LogP) is 2.93. The molecule has 0 aromatic heterocycles. The lowest BCUT2D eigenvalue weighted by atomic mass is 9.85. The van der Waals surface area contributed by atoms with Crippen molar-refractivity contribution >= 4 is 11.4 Å². The number of hydrogen-bond acceptors (Lipinski definition) is 3. The first kappa shape index (κ1) is 11.5. The molecule has 15 heavy (non-hydrogen) atoms. The molecule has 0 amide bonds. The average Bonchev–Trinajstić information content (AvgIpc) is 2.15. The van der Waals surface area contributed by atoms with Crippen LogP contribution >= 0.6 is 0 Å². The molecule has 0 aliphatic heterocycles. The Morgan fingerprint density at radius 2 is 1.93 bits per heavy atom. The summed E-state index contributed by atoms with van der Waals surface area (Å²) >= 11 is 0. The van der Waals surface area contributed by atoms with Crippen LogP contribution in [0.2, 0.25) is 0 Å². The summed E-state index contributed by atoms with van der Waals surface area (Å²) in [5.74, 6) is 0. The molecule has 1 N–H and O–H groups in total. The first-order valence-electron chi connectivity index (χ1n) is 4.83. The van der Waals surface area contributed by atoms with Gasteiger partial charge in [0.15, 0.2) is 0 Å². The molecule has 0 spiro atoms.